The summed E-state index contributed by atoms with van der Waals surface area (Å²) in [4.78, 5) is 6.18. The van der Waals surface area contributed by atoms with Gasteiger partial charge in [0.15, 0.2) is 0 Å². The molecule has 0 spiro atoms. The zero-order valence-electron chi connectivity index (χ0n) is 9.06. The summed E-state index contributed by atoms with van der Waals surface area (Å²) >= 11 is 0. The van der Waals surface area contributed by atoms with Crippen molar-refractivity contribution in [3.8, 4) is 0 Å². The molecule has 1 aromatic rings. The number of aromatic nitrogens is 1. The summed E-state index contributed by atoms with van der Waals surface area (Å²) in [5, 5.41) is 17.8. The molecule has 0 saturated heterocycles. The lowest BCUT2D eigenvalue weighted by atomic mass is 10.2. The molecule has 4 nitrogen and oxygen atoms in total. The average molecular weight is 210 g/mol. The molecule has 1 heterocycles. The van der Waals surface area contributed by atoms with E-state index in [0.717, 1.165) is 25.2 Å². The molecule has 0 amide bonds. The first-order valence-electron chi connectivity index (χ1n) is 5.23. The molecule has 4 heteroatoms. The second-order valence-electron chi connectivity index (χ2n) is 3.32. The van der Waals surface area contributed by atoms with Crippen molar-refractivity contribution in [1.29, 1.82) is 0 Å². The molecule has 0 radical (unpaired) electrons. The minimum Gasteiger partial charge on any atom is -0.396 e. The Kier molecular flexibility index (Phi) is 5.07. The Morgan fingerprint density at radius 2 is 2.20 bits per heavy atom. The van der Waals surface area contributed by atoms with Gasteiger partial charge in [-0.2, -0.15) is 0 Å². The number of aliphatic hydroxyl groups excluding tert-OH is 2. The van der Waals surface area contributed by atoms with Gasteiger partial charge in [-0.25, -0.2) is 0 Å². The van der Waals surface area contributed by atoms with Crippen LogP contribution in [0.15, 0.2) is 18.3 Å². The van der Waals surface area contributed by atoms with Crippen LogP contribution in [0.3, 0.4) is 0 Å². The molecular formula is C11H18N2O2. The number of pyridine rings is 1. The van der Waals surface area contributed by atoms with E-state index in [1.807, 2.05) is 12.1 Å². The second-order valence-corrected chi connectivity index (χ2v) is 3.32. The highest BCUT2D eigenvalue weighted by molar-refractivity contribution is 5.46. The molecule has 0 aromatic carbocycles. The van der Waals surface area contributed by atoms with E-state index in [2.05, 4.69) is 16.8 Å². The summed E-state index contributed by atoms with van der Waals surface area (Å²) in [5.74, 6) is 0. The minimum atomic E-state index is -0.0363. The summed E-state index contributed by atoms with van der Waals surface area (Å²) in [6, 6.07) is 3.79. The van der Waals surface area contributed by atoms with Crippen LogP contribution in [0, 0.1) is 0 Å². The standard InChI is InChI=1S/C11H18N2O2/c1-2-13(6-3-7-14)11-4-5-12-10(8-11)9-15/h4-5,8,14-15H,2-3,6-7,9H2,1H3. The highest BCUT2D eigenvalue weighted by atomic mass is 16.3. The van der Waals surface area contributed by atoms with Crippen molar-refractivity contribution in [2.24, 2.45) is 0 Å². The predicted molar refractivity (Wildman–Crippen MR) is 59.7 cm³/mol. The maximum Gasteiger partial charge on any atom is 0.0853 e. The average Bonchev–Trinajstić information content (AvgIpc) is 2.30. The number of hydrogen-bond acceptors (Lipinski definition) is 4. The van der Waals surface area contributed by atoms with Gasteiger partial charge in [0.1, 0.15) is 0 Å². The van der Waals surface area contributed by atoms with E-state index in [9.17, 15) is 0 Å². The zero-order valence-corrected chi connectivity index (χ0v) is 9.06. The Bertz CT molecular complexity index is 292. The molecular weight excluding hydrogens is 192 g/mol. The van der Waals surface area contributed by atoms with Crippen LogP contribution >= 0.6 is 0 Å². The number of aliphatic hydroxyl groups is 2. The van der Waals surface area contributed by atoms with Crippen LogP contribution in [0.2, 0.25) is 0 Å². The van der Waals surface area contributed by atoms with Gasteiger partial charge in [0.2, 0.25) is 0 Å². The fourth-order valence-electron chi connectivity index (χ4n) is 1.48. The molecule has 0 aliphatic rings. The van der Waals surface area contributed by atoms with E-state index in [4.69, 9.17) is 10.2 Å². The fraction of sp³-hybridized carbons (Fsp3) is 0.545. The van der Waals surface area contributed by atoms with E-state index >= 15 is 0 Å². The molecule has 0 aliphatic carbocycles. The van der Waals surface area contributed by atoms with Crippen molar-refractivity contribution >= 4 is 5.69 Å². The van der Waals surface area contributed by atoms with Gasteiger partial charge in [-0.05, 0) is 25.5 Å². The summed E-state index contributed by atoms with van der Waals surface area (Å²) in [5.41, 5.74) is 1.72. The lowest BCUT2D eigenvalue weighted by molar-refractivity contribution is 0.277. The van der Waals surface area contributed by atoms with Crippen LogP contribution < -0.4 is 4.90 Å². The fourth-order valence-corrected chi connectivity index (χ4v) is 1.48. The Hall–Kier alpha value is -1.13. The largest absolute Gasteiger partial charge is 0.396 e. The summed E-state index contributed by atoms with van der Waals surface area (Å²) < 4.78 is 0. The topological polar surface area (TPSA) is 56.6 Å². The van der Waals surface area contributed by atoms with Crippen molar-refractivity contribution in [2.45, 2.75) is 20.0 Å². The van der Waals surface area contributed by atoms with E-state index in [0.29, 0.717) is 5.69 Å². The van der Waals surface area contributed by atoms with Crippen LogP contribution in [-0.4, -0.2) is 34.9 Å². The van der Waals surface area contributed by atoms with Crippen LogP contribution in [0.25, 0.3) is 0 Å². The van der Waals surface area contributed by atoms with Crippen molar-refractivity contribution in [1.82, 2.24) is 4.98 Å². The molecule has 15 heavy (non-hydrogen) atoms. The third-order valence-electron chi connectivity index (χ3n) is 2.30. The maximum atomic E-state index is 8.97. The first kappa shape index (κ1) is 11.9. The molecule has 0 aliphatic heterocycles. The normalized spacial score (nSPS) is 10.3. The van der Waals surface area contributed by atoms with Gasteiger partial charge in [-0.15, -0.1) is 0 Å². The Morgan fingerprint density at radius 3 is 2.80 bits per heavy atom. The predicted octanol–water partition coefficient (Wildman–Crippen LogP) is 0.783. The SMILES string of the molecule is CCN(CCCO)c1ccnc(CO)c1. The third kappa shape index (κ3) is 3.49. The van der Waals surface area contributed by atoms with Crippen molar-refractivity contribution in [3.05, 3.63) is 24.0 Å². The highest BCUT2D eigenvalue weighted by Crippen LogP contribution is 2.14. The number of nitrogens with zero attached hydrogens (tertiary/aromatic N) is 2. The van der Waals surface area contributed by atoms with Gasteiger partial charge in [0.25, 0.3) is 0 Å². The lowest BCUT2D eigenvalue weighted by Gasteiger charge is -2.22. The second kappa shape index (κ2) is 6.37. The molecule has 0 fully saturated rings. The Morgan fingerprint density at radius 1 is 1.40 bits per heavy atom. The van der Waals surface area contributed by atoms with Crippen LogP contribution in [0.1, 0.15) is 19.0 Å². The smallest absolute Gasteiger partial charge is 0.0853 e. The van der Waals surface area contributed by atoms with Crippen LogP contribution in [0.5, 0.6) is 0 Å². The molecule has 0 unspecified atom stereocenters. The molecule has 2 N–H and O–H groups in total. The Balaban J connectivity index is 2.72. The Labute approximate surface area is 90.2 Å². The van der Waals surface area contributed by atoms with Gasteiger partial charge >= 0.3 is 0 Å². The van der Waals surface area contributed by atoms with Gasteiger partial charge in [-0.1, -0.05) is 0 Å². The zero-order chi connectivity index (χ0) is 11.1. The number of anilines is 1. The molecule has 84 valence electrons. The maximum absolute atomic E-state index is 8.97. The first-order valence-corrected chi connectivity index (χ1v) is 5.23. The molecule has 0 bridgehead atoms. The minimum absolute atomic E-state index is 0.0363. The molecule has 0 saturated carbocycles. The monoisotopic (exact) mass is 210 g/mol. The van der Waals surface area contributed by atoms with Crippen molar-refractivity contribution in [3.63, 3.8) is 0 Å². The molecule has 0 atom stereocenters. The van der Waals surface area contributed by atoms with Crippen LogP contribution in [0.4, 0.5) is 5.69 Å². The van der Waals surface area contributed by atoms with Gasteiger partial charge in [0.05, 0.1) is 12.3 Å². The van der Waals surface area contributed by atoms with E-state index in [1.54, 1.807) is 6.20 Å². The van der Waals surface area contributed by atoms with Crippen molar-refractivity contribution < 1.29 is 10.2 Å². The highest BCUT2D eigenvalue weighted by Gasteiger charge is 2.04. The van der Waals surface area contributed by atoms with Crippen LogP contribution in [-0.2, 0) is 6.61 Å². The number of hydrogen-bond donors (Lipinski definition) is 2. The van der Waals surface area contributed by atoms with Gasteiger partial charge < -0.3 is 15.1 Å². The lowest BCUT2D eigenvalue weighted by Crippen LogP contribution is -2.24. The summed E-state index contributed by atoms with van der Waals surface area (Å²) in [6.45, 7) is 3.94. The quantitative estimate of drug-likeness (QED) is 0.728. The third-order valence-corrected chi connectivity index (χ3v) is 2.30. The molecule has 1 aromatic heterocycles. The first-order chi connectivity index (χ1) is 7.31. The summed E-state index contributed by atoms with van der Waals surface area (Å²) in [6.07, 6.45) is 2.45. The van der Waals surface area contributed by atoms with Crippen molar-refractivity contribution in [2.75, 3.05) is 24.6 Å². The van der Waals surface area contributed by atoms with Gasteiger partial charge in [-0.3, -0.25) is 4.98 Å². The summed E-state index contributed by atoms with van der Waals surface area (Å²) in [7, 11) is 0. The van der Waals surface area contributed by atoms with E-state index in [1.165, 1.54) is 0 Å². The van der Waals surface area contributed by atoms with E-state index in [-0.39, 0.29) is 13.2 Å². The number of rotatable bonds is 6. The molecule has 1 rings (SSSR count). The van der Waals surface area contributed by atoms with Gasteiger partial charge in [0, 0.05) is 31.6 Å². The van der Waals surface area contributed by atoms with E-state index < -0.39 is 0 Å².